The third kappa shape index (κ3) is 3.60. The van der Waals surface area contributed by atoms with Crippen LogP contribution in [-0.4, -0.2) is 48.8 Å². The number of amides is 2. The minimum atomic E-state index is -0.356. The largest absolute Gasteiger partial charge is 0.495 e. The first-order valence-corrected chi connectivity index (χ1v) is 6.33. The summed E-state index contributed by atoms with van der Waals surface area (Å²) in [6, 6.07) is 5.21. The summed E-state index contributed by atoms with van der Waals surface area (Å²) in [4.78, 5) is 24.5. The molecule has 2 amide bonds. The van der Waals surface area contributed by atoms with Gasteiger partial charge in [-0.1, -0.05) is 17.9 Å². The number of morpholine rings is 1. The Morgan fingerprint density at radius 1 is 1.33 bits per heavy atom. The summed E-state index contributed by atoms with van der Waals surface area (Å²) in [5.74, 6) is 5.18. The summed E-state index contributed by atoms with van der Waals surface area (Å²) in [6.07, 6.45) is 0. The second-order valence-electron chi connectivity index (χ2n) is 4.36. The molecular weight excluding hydrogens is 274 g/mol. The third-order valence-corrected chi connectivity index (χ3v) is 2.96. The van der Waals surface area contributed by atoms with Gasteiger partial charge in [0.05, 0.1) is 19.2 Å². The van der Waals surface area contributed by atoms with Crippen LogP contribution in [0.4, 0.5) is 0 Å². The Balaban J connectivity index is 2.24. The summed E-state index contributed by atoms with van der Waals surface area (Å²) in [6.45, 7) is -0.259. The van der Waals surface area contributed by atoms with E-state index in [9.17, 15) is 9.59 Å². The average molecular weight is 289 g/mol. The number of imide groups is 1. The molecule has 0 atom stereocenters. The Hall–Kier alpha value is -2.36. The van der Waals surface area contributed by atoms with Crippen molar-refractivity contribution in [3.63, 3.8) is 0 Å². The van der Waals surface area contributed by atoms with Crippen LogP contribution in [0.1, 0.15) is 11.1 Å². The van der Waals surface area contributed by atoms with Crippen LogP contribution in [0, 0.1) is 11.8 Å². The SMILES string of the molecule is COc1ccc(CN2C(=O)COCC2=O)cc1C#CCO. The van der Waals surface area contributed by atoms with Crippen LogP contribution in [0.5, 0.6) is 5.75 Å². The number of nitrogens with zero attached hydrogens (tertiary/aromatic N) is 1. The molecule has 0 unspecified atom stereocenters. The van der Waals surface area contributed by atoms with Gasteiger partial charge in [0, 0.05) is 0 Å². The maximum absolute atomic E-state index is 11.7. The zero-order valence-corrected chi connectivity index (χ0v) is 11.6. The van der Waals surface area contributed by atoms with E-state index in [-0.39, 0.29) is 38.2 Å². The lowest BCUT2D eigenvalue weighted by molar-refractivity contribution is -0.159. The van der Waals surface area contributed by atoms with E-state index in [4.69, 9.17) is 14.6 Å². The summed E-state index contributed by atoms with van der Waals surface area (Å²) in [7, 11) is 1.52. The highest BCUT2D eigenvalue weighted by Crippen LogP contribution is 2.20. The molecular formula is C15H15NO5. The van der Waals surface area contributed by atoms with Crippen molar-refractivity contribution in [2.75, 3.05) is 26.9 Å². The van der Waals surface area contributed by atoms with Gasteiger partial charge in [-0.3, -0.25) is 14.5 Å². The Bertz CT molecular complexity index is 598. The number of methoxy groups -OCH3 is 1. The van der Waals surface area contributed by atoms with Crippen LogP contribution in [0.2, 0.25) is 0 Å². The molecule has 0 spiro atoms. The molecule has 1 saturated heterocycles. The molecule has 0 radical (unpaired) electrons. The first-order valence-electron chi connectivity index (χ1n) is 6.33. The molecule has 1 fully saturated rings. The van der Waals surface area contributed by atoms with Crippen molar-refractivity contribution in [3.05, 3.63) is 29.3 Å². The Kier molecular flexibility index (Phi) is 4.93. The van der Waals surface area contributed by atoms with E-state index in [0.717, 1.165) is 10.5 Å². The van der Waals surface area contributed by atoms with Gasteiger partial charge in [0.2, 0.25) is 0 Å². The van der Waals surface area contributed by atoms with Crippen LogP contribution in [-0.2, 0) is 20.9 Å². The van der Waals surface area contributed by atoms with Crippen LogP contribution < -0.4 is 4.74 Å². The number of hydrogen-bond acceptors (Lipinski definition) is 5. The zero-order valence-electron chi connectivity index (χ0n) is 11.6. The smallest absolute Gasteiger partial charge is 0.255 e. The summed E-state index contributed by atoms with van der Waals surface area (Å²) < 4.78 is 10.0. The minimum Gasteiger partial charge on any atom is -0.495 e. The fraction of sp³-hybridized carbons (Fsp3) is 0.333. The van der Waals surface area contributed by atoms with Crippen molar-refractivity contribution >= 4 is 11.8 Å². The molecule has 110 valence electrons. The quantitative estimate of drug-likeness (QED) is 0.622. The Labute approximate surface area is 122 Å². The average Bonchev–Trinajstić information content (AvgIpc) is 2.49. The fourth-order valence-electron chi connectivity index (χ4n) is 1.97. The predicted molar refractivity (Wildman–Crippen MR) is 73.3 cm³/mol. The van der Waals surface area contributed by atoms with Crippen LogP contribution in [0.15, 0.2) is 18.2 Å². The Morgan fingerprint density at radius 3 is 2.67 bits per heavy atom. The van der Waals surface area contributed by atoms with Crippen LogP contribution in [0.25, 0.3) is 0 Å². The van der Waals surface area contributed by atoms with Gasteiger partial charge in [-0.15, -0.1) is 0 Å². The molecule has 1 aliphatic heterocycles. The number of hydrogen-bond donors (Lipinski definition) is 1. The second-order valence-corrected chi connectivity index (χ2v) is 4.36. The van der Waals surface area contributed by atoms with Crippen LogP contribution in [0.3, 0.4) is 0 Å². The second kappa shape index (κ2) is 6.88. The van der Waals surface area contributed by atoms with Crippen LogP contribution >= 0.6 is 0 Å². The minimum absolute atomic E-state index is 0.0843. The molecule has 6 nitrogen and oxygen atoms in total. The lowest BCUT2D eigenvalue weighted by atomic mass is 10.1. The standard InChI is InChI=1S/C15H15NO5/c1-20-13-5-4-11(7-12(13)3-2-6-17)8-16-14(18)9-21-10-15(16)19/h4-5,7,17H,6,8-10H2,1H3. The van der Waals surface area contributed by atoms with Gasteiger partial charge in [-0.05, 0) is 17.7 Å². The highest BCUT2D eigenvalue weighted by molar-refractivity contribution is 5.98. The zero-order chi connectivity index (χ0) is 15.2. The van der Waals surface area contributed by atoms with Crippen molar-refractivity contribution < 1.29 is 24.2 Å². The summed E-state index contributed by atoms with van der Waals surface area (Å²) in [5, 5.41) is 8.77. The van der Waals surface area contributed by atoms with Crippen molar-refractivity contribution in [1.82, 2.24) is 4.90 Å². The third-order valence-electron chi connectivity index (χ3n) is 2.96. The monoisotopic (exact) mass is 289 g/mol. The lowest BCUT2D eigenvalue weighted by Gasteiger charge is -2.25. The fourth-order valence-corrected chi connectivity index (χ4v) is 1.97. The van der Waals surface area contributed by atoms with E-state index in [1.807, 2.05) is 0 Å². The van der Waals surface area contributed by atoms with Gasteiger partial charge in [0.1, 0.15) is 25.6 Å². The highest BCUT2D eigenvalue weighted by Gasteiger charge is 2.26. The lowest BCUT2D eigenvalue weighted by Crippen LogP contribution is -2.45. The number of carbonyl (C=O) groups excluding carboxylic acids is 2. The number of aliphatic hydroxyl groups is 1. The van der Waals surface area contributed by atoms with Gasteiger partial charge < -0.3 is 14.6 Å². The predicted octanol–water partition coefficient (Wildman–Crippen LogP) is -0.0756. The van der Waals surface area contributed by atoms with Crippen molar-refractivity contribution in [3.8, 4) is 17.6 Å². The highest BCUT2D eigenvalue weighted by atomic mass is 16.5. The first kappa shape index (κ1) is 15.0. The maximum atomic E-state index is 11.7. The molecule has 1 aromatic carbocycles. The molecule has 1 heterocycles. The van der Waals surface area contributed by atoms with Gasteiger partial charge in [0.15, 0.2) is 0 Å². The molecule has 0 aliphatic carbocycles. The summed E-state index contributed by atoms with van der Waals surface area (Å²) >= 11 is 0. The van der Waals surface area contributed by atoms with E-state index in [2.05, 4.69) is 11.8 Å². The van der Waals surface area contributed by atoms with Crippen molar-refractivity contribution in [1.29, 1.82) is 0 Å². The van der Waals surface area contributed by atoms with E-state index in [1.54, 1.807) is 18.2 Å². The molecule has 1 aromatic rings. The number of carbonyl (C=O) groups is 2. The number of benzene rings is 1. The van der Waals surface area contributed by atoms with E-state index in [0.29, 0.717) is 11.3 Å². The number of aliphatic hydroxyl groups excluding tert-OH is 1. The molecule has 21 heavy (non-hydrogen) atoms. The molecule has 2 rings (SSSR count). The van der Waals surface area contributed by atoms with Gasteiger partial charge in [-0.25, -0.2) is 0 Å². The molecule has 0 bridgehead atoms. The van der Waals surface area contributed by atoms with Gasteiger partial charge in [0.25, 0.3) is 11.8 Å². The number of rotatable bonds is 3. The molecule has 1 aliphatic rings. The molecule has 1 N–H and O–H groups in total. The van der Waals surface area contributed by atoms with Gasteiger partial charge >= 0.3 is 0 Å². The topological polar surface area (TPSA) is 76.1 Å². The Morgan fingerprint density at radius 2 is 2.05 bits per heavy atom. The molecule has 0 aromatic heterocycles. The summed E-state index contributed by atoms with van der Waals surface area (Å²) in [5.41, 5.74) is 1.35. The van der Waals surface area contributed by atoms with Crippen molar-refractivity contribution in [2.45, 2.75) is 6.54 Å². The normalized spacial score (nSPS) is 14.7. The maximum Gasteiger partial charge on any atom is 0.255 e. The number of ether oxygens (including phenoxy) is 2. The molecule has 0 saturated carbocycles. The van der Waals surface area contributed by atoms with E-state index >= 15 is 0 Å². The van der Waals surface area contributed by atoms with E-state index in [1.165, 1.54) is 7.11 Å². The van der Waals surface area contributed by atoms with E-state index < -0.39 is 0 Å². The van der Waals surface area contributed by atoms with Crippen molar-refractivity contribution in [2.24, 2.45) is 0 Å². The van der Waals surface area contributed by atoms with Gasteiger partial charge in [-0.2, -0.15) is 0 Å². The molecule has 6 heteroatoms. The first-order chi connectivity index (χ1) is 10.2.